The topological polar surface area (TPSA) is 28.7 Å². The van der Waals surface area contributed by atoms with Crippen molar-refractivity contribution in [3.8, 4) is 0 Å². The van der Waals surface area contributed by atoms with Gasteiger partial charge in [0.2, 0.25) is 0 Å². The highest BCUT2D eigenvalue weighted by Crippen LogP contribution is 2.01. The first-order valence-corrected chi connectivity index (χ1v) is 6.04. The van der Waals surface area contributed by atoms with Crippen molar-refractivity contribution < 1.29 is 4.42 Å². The van der Waals surface area contributed by atoms with Crippen molar-refractivity contribution >= 4 is 35.5 Å². The van der Waals surface area contributed by atoms with Crippen molar-refractivity contribution in [1.29, 1.82) is 0 Å². The third-order valence-electron chi connectivity index (χ3n) is 1.80. The molecule has 0 bridgehead atoms. The quantitative estimate of drug-likeness (QED) is 0.429. The van der Waals surface area contributed by atoms with Gasteiger partial charge in [-0.3, -0.25) is 5.01 Å². The summed E-state index contributed by atoms with van der Waals surface area (Å²) >= 11 is 11.3. The molecular formula is C11H14Cl2N2O. The number of halogens is 2. The van der Waals surface area contributed by atoms with Crippen molar-refractivity contribution in [2.75, 3.05) is 24.8 Å². The molecule has 0 atom stereocenters. The van der Waals surface area contributed by atoms with Crippen molar-refractivity contribution in [3.05, 3.63) is 30.2 Å². The zero-order valence-corrected chi connectivity index (χ0v) is 10.4. The lowest BCUT2D eigenvalue weighted by molar-refractivity contribution is 0.327. The summed E-state index contributed by atoms with van der Waals surface area (Å²) < 4.78 is 5.13. The van der Waals surface area contributed by atoms with Crippen LogP contribution in [0.3, 0.4) is 0 Å². The van der Waals surface area contributed by atoms with Crippen LogP contribution < -0.4 is 0 Å². The minimum atomic E-state index is 0.538. The molecule has 0 aliphatic heterocycles. The van der Waals surface area contributed by atoms with Gasteiger partial charge in [-0.2, -0.15) is 5.10 Å². The van der Waals surface area contributed by atoms with Gasteiger partial charge in [-0.25, -0.2) is 0 Å². The van der Waals surface area contributed by atoms with Gasteiger partial charge in [0.05, 0.1) is 6.26 Å². The Bertz CT molecular complexity index is 317. The zero-order valence-electron chi connectivity index (χ0n) is 8.85. The summed E-state index contributed by atoms with van der Waals surface area (Å²) in [7, 11) is 0. The average molecular weight is 261 g/mol. The van der Waals surface area contributed by atoms with Crippen LogP contribution in [0.1, 0.15) is 5.76 Å². The monoisotopic (exact) mass is 260 g/mol. The fourth-order valence-electron chi connectivity index (χ4n) is 1.08. The number of hydrogen-bond donors (Lipinski definition) is 0. The summed E-state index contributed by atoms with van der Waals surface area (Å²) in [4.78, 5) is 0. The van der Waals surface area contributed by atoms with Gasteiger partial charge in [-0.1, -0.05) is 0 Å². The Morgan fingerprint density at radius 2 is 2.06 bits per heavy atom. The molecule has 3 nitrogen and oxygen atoms in total. The molecule has 1 rings (SSSR count). The first-order valence-electron chi connectivity index (χ1n) is 4.98. The highest BCUT2D eigenvalue weighted by molar-refractivity contribution is 6.18. The van der Waals surface area contributed by atoms with Crippen molar-refractivity contribution in [3.63, 3.8) is 0 Å². The number of alkyl halides is 2. The van der Waals surface area contributed by atoms with Gasteiger partial charge in [-0.15, -0.1) is 23.2 Å². The maximum atomic E-state index is 5.63. The second kappa shape index (κ2) is 8.25. The number of hydrogen-bond acceptors (Lipinski definition) is 3. The van der Waals surface area contributed by atoms with Crippen LogP contribution in [0.25, 0.3) is 6.08 Å². The van der Waals surface area contributed by atoms with Gasteiger partial charge in [-0.05, 0) is 24.3 Å². The van der Waals surface area contributed by atoms with Crippen LogP contribution in [-0.2, 0) is 0 Å². The van der Waals surface area contributed by atoms with Gasteiger partial charge in [0, 0.05) is 31.1 Å². The molecule has 0 saturated heterocycles. The van der Waals surface area contributed by atoms with E-state index in [0.29, 0.717) is 24.8 Å². The maximum Gasteiger partial charge on any atom is 0.126 e. The second-order valence-corrected chi connectivity index (χ2v) is 3.73. The third-order valence-corrected chi connectivity index (χ3v) is 2.14. The number of hydrazone groups is 1. The maximum absolute atomic E-state index is 5.63. The first-order chi connectivity index (χ1) is 7.86. The van der Waals surface area contributed by atoms with E-state index in [0.717, 1.165) is 5.76 Å². The van der Waals surface area contributed by atoms with Crippen LogP contribution in [0.2, 0.25) is 0 Å². The SMILES string of the molecule is ClCCN(CCCl)/N=C\C=C\c1ccco1. The Kier molecular flexibility index (Phi) is 6.77. The van der Waals surface area contributed by atoms with Crippen LogP contribution in [0, 0.1) is 0 Å². The molecule has 1 aromatic rings. The van der Waals surface area contributed by atoms with Crippen LogP contribution in [0.5, 0.6) is 0 Å². The summed E-state index contributed by atoms with van der Waals surface area (Å²) in [6.07, 6.45) is 6.98. The first kappa shape index (κ1) is 13.1. The summed E-state index contributed by atoms with van der Waals surface area (Å²) in [5.41, 5.74) is 0. The number of furan rings is 1. The summed E-state index contributed by atoms with van der Waals surface area (Å²) in [6.45, 7) is 1.39. The molecule has 0 saturated carbocycles. The lowest BCUT2D eigenvalue weighted by atomic mass is 10.4. The second-order valence-electron chi connectivity index (χ2n) is 2.97. The molecule has 0 fully saturated rings. The average Bonchev–Trinajstić information content (AvgIpc) is 2.78. The van der Waals surface area contributed by atoms with Crippen molar-refractivity contribution in [2.45, 2.75) is 0 Å². The fourth-order valence-corrected chi connectivity index (χ4v) is 1.47. The Labute approximate surface area is 105 Å². The van der Waals surface area contributed by atoms with E-state index in [4.69, 9.17) is 27.6 Å². The van der Waals surface area contributed by atoms with E-state index in [1.807, 2.05) is 29.3 Å². The van der Waals surface area contributed by atoms with Gasteiger partial charge in [0.25, 0.3) is 0 Å². The summed E-state index contributed by atoms with van der Waals surface area (Å²) in [6, 6.07) is 3.71. The zero-order chi connectivity index (χ0) is 11.6. The van der Waals surface area contributed by atoms with Gasteiger partial charge in [0.15, 0.2) is 0 Å². The largest absolute Gasteiger partial charge is 0.465 e. The molecule has 0 aromatic carbocycles. The van der Waals surface area contributed by atoms with Crippen LogP contribution in [-0.4, -0.2) is 36.1 Å². The minimum absolute atomic E-state index is 0.538. The molecule has 5 heteroatoms. The smallest absolute Gasteiger partial charge is 0.126 e. The molecule has 1 heterocycles. The summed E-state index contributed by atoms with van der Waals surface area (Å²) in [5, 5.41) is 6.04. The van der Waals surface area contributed by atoms with E-state index < -0.39 is 0 Å². The van der Waals surface area contributed by atoms with E-state index in [-0.39, 0.29) is 0 Å². The van der Waals surface area contributed by atoms with E-state index in [9.17, 15) is 0 Å². The number of nitrogens with zero attached hydrogens (tertiary/aromatic N) is 2. The molecule has 0 aliphatic rings. The molecule has 88 valence electrons. The van der Waals surface area contributed by atoms with E-state index >= 15 is 0 Å². The molecule has 0 radical (unpaired) electrons. The molecule has 0 aliphatic carbocycles. The van der Waals surface area contributed by atoms with E-state index in [1.165, 1.54) is 0 Å². The standard InChI is InChI=1S/C11H14Cl2N2O/c12-5-8-15(9-6-13)14-7-1-3-11-4-2-10-16-11/h1-4,7,10H,5-6,8-9H2/b3-1+,14-7-. The third kappa shape index (κ3) is 5.24. The highest BCUT2D eigenvalue weighted by atomic mass is 35.5. The molecule has 16 heavy (non-hydrogen) atoms. The lowest BCUT2D eigenvalue weighted by Crippen LogP contribution is -2.22. The Hall–Kier alpha value is -0.930. The molecule has 0 spiro atoms. The molecule has 0 amide bonds. The van der Waals surface area contributed by atoms with Crippen LogP contribution >= 0.6 is 23.2 Å². The molecule has 0 unspecified atom stereocenters. The number of rotatable bonds is 7. The Balaban J connectivity index is 2.38. The lowest BCUT2D eigenvalue weighted by Gasteiger charge is -2.14. The van der Waals surface area contributed by atoms with Crippen LogP contribution in [0.15, 0.2) is 34.0 Å². The fraction of sp³-hybridized carbons (Fsp3) is 0.364. The number of allylic oxidation sites excluding steroid dienone is 1. The molecule has 0 N–H and O–H groups in total. The minimum Gasteiger partial charge on any atom is -0.465 e. The molecule has 1 aromatic heterocycles. The highest BCUT2D eigenvalue weighted by Gasteiger charge is 1.96. The van der Waals surface area contributed by atoms with Crippen molar-refractivity contribution in [2.24, 2.45) is 5.10 Å². The Morgan fingerprint density at radius 1 is 1.31 bits per heavy atom. The van der Waals surface area contributed by atoms with E-state index in [1.54, 1.807) is 12.5 Å². The van der Waals surface area contributed by atoms with Gasteiger partial charge < -0.3 is 4.42 Å². The van der Waals surface area contributed by atoms with E-state index in [2.05, 4.69) is 5.10 Å². The van der Waals surface area contributed by atoms with Gasteiger partial charge in [0.1, 0.15) is 5.76 Å². The summed E-state index contributed by atoms with van der Waals surface area (Å²) in [5.74, 6) is 1.87. The van der Waals surface area contributed by atoms with Gasteiger partial charge >= 0.3 is 0 Å². The van der Waals surface area contributed by atoms with Crippen LogP contribution in [0.4, 0.5) is 0 Å². The predicted molar refractivity (Wildman–Crippen MR) is 69.2 cm³/mol. The Morgan fingerprint density at radius 3 is 2.62 bits per heavy atom. The van der Waals surface area contributed by atoms with Crippen molar-refractivity contribution in [1.82, 2.24) is 5.01 Å². The molecular weight excluding hydrogens is 247 g/mol. The predicted octanol–water partition coefficient (Wildman–Crippen LogP) is 3.06. The normalized spacial score (nSPS) is 11.6.